The van der Waals surface area contributed by atoms with Crippen molar-refractivity contribution in [3.05, 3.63) is 42.1 Å². The van der Waals surface area contributed by atoms with E-state index in [2.05, 4.69) is 9.97 Å². The van der Waals surface area contributed by atoms with E-state index in [4.69, 9.17) is 0 Å². The van der Waals surface area contributed by atoms with Crippen molar-refractivity contribution in [2.45, 2.75) is 31.0 Å². The molecule has 1 saturated heterocycles. The van der Waals surface area contributed by atoms with E-state index in [1.54, 1.807) is 0 Å². The lowest BCUT2D eigenvalue weighted by Gasteiger charge is -2.45. The number of rotatable bonds is 4. The van der Waals surface area contributed by atoms with Crippen molar-refractivity contribution in [2.75, 3.05) is 35.7 Å². The van der Waals surface area contributed by atoms with E-state index < -0.39 is 27.5 Å². The molecule has 3 rings (SSSR count). The van der Waals surface area contributed by atoms with E-state index in [0.29, 0.717) is 31.1 Å². The molecule has 0 unspecified atom stereocenters. The number of hydrogen-bond acceptors (Lipinski definition) is 6. The molecule has 1 aromatic carbocycles. The third-order valence-corrected chi connectivity index (χ3v) is 6.20. The van der Waals surface area contributed by atoms with E-state index in [-0.39, 0.29) is 16.9 Å². The van der Waals surface area contributed by atoms with Crippen molar-refractivity contribution in [1.82, 2.24) is 9.97 Å². The standard InChI is InChI=1S/C19H22F4N4O2S/c1-12(2)15-11-26(13-4-5-14(20)16(8-13)30(3,28)29)6-7-27(15)18-10-24-17(9-25-18)19(21,22)23/h4-5,8-10,12,15H,6-7,11H2,1-3H3/t15-/m0/s1. The van der Waals surface area contributed by atoms with Crippen LogP contribution in [-0.4, -0.2) is 50.3 Å². The Morgan fingerprint density at radius 3 is 2.37 bits per heavy atom. The number of piperazine rings is 1. The highest BCUT2D eigenvalue weighted by atomic mass is 32.2. The molecule has 0 N–H and O–H groups in total. The van der Waals surface area contributed by atoms with Crippen molar-refractivity contribution < 1.29 is 26.0 Å². The third-order valence-electron chi connectivity index (χ3n) is 5.09. The van der Waals surface area contributed by atoms with Gasteiger partial charge in [-0.3, -0.25) is 0 Å². The monoisotopic (exact) mass is 446 g/mol. The van der Waals surface area contributed by atoms with Gasteiger partial charge < -0.3 is 9.80 Å². The van der Waals surface area contributed by atoms with Gasteiger partial charge in [0.25, 0.3) is 0 Å². The van der Waals surface area contributed by atoms with Gasteiger partial charge in [-0.15, -0.1) is 0 Å². The van der Waals surface area contributed by atoms with Crippen LogP contribution in [0.3, 0.4) is 0 Å². The number of aromatic nitrogens is 2. The molecule has 1 aliphatic heterocycles. The first kappa shape index (κ1) is 22.3. The molecule has 1 fully saturated rings. The normalized spacial score (nSPS) is 18.2. The SMILES string of the molecule is CC(C)[C@@H]1CN(c2ccc(F)c(S(C)(=O)=O)c2)CCN1c1cnc(C(F)(F)F)cn1. The zero-order valence-corrected chi connectivity index (χ0v) is 17.5. The van der Waals surface area contributed by atoms with Gasteiger partial charge in [-0.2, -0.15) is 13.2 Å². The molecule has 1 aromatic heterocycles. The molecule has 1 atom stereocenters. The van der Waals surface area contributed by atoms with E-state index >= 15 is 0 Å². The van der Waals surface area contributed by atoms with E-state index in [9.17, 15) is 26.0 Å². The number of nitrogens with zero attached hydrogens (tertiary/aromatic N) is 4. The number of benzene rings is 1. The largest absolute Gasteiger partial charge is 0.434 e. The Balaban J connectivity index is 1.86. The fourth-order valence-electron chi connectivity index (χ4n) is 3.49. The van der Waals surface area contributed by atoms with Gasteiger partial charge >= 0.3 is 6.18 Å². The number of hydrogen-bond donors (Lipinski definition) is 0. The van der Waals surface area contributed by atoms with Gasteiger partial charge in [-0.1, -0.05) is 13.8 Å². The second-order valence-corrected chi connectivity index (χ2v) is 9.58. The van der Waals surface area contributed by atoms with Crippen LogP contribution in [0.2, 0.25) is 0 Å². The topological polar surface area (TPSA) is 66.4 Å². The molecular weight excluding hydrogens is 424 g/mol. The Bertz CT molecular complexity index is 1010. The molecule has 0 radical (unpaired) electrons. The highest BCUT2D eigenvalue weighted by molar-refractivity contribution is 7.90. The number of sulfone groups is 1. The second-order valence-electron chi connectivity index (χ2n) is 7.60. The van der Waals surface area contributed by atoms with Crippen molar-refractivity contribution >= 4 is 21.3 Å². The zero-order valence-electron chi connectivity index (χ0n) is 16.7. The van der Waals surface area contributed by atoms with Crippen LogP contribution in [0.1, 0.15) is 19.5 Å². The lowest BCUT2D eigenvalue weighted by atomic mass is 9.99. The Labute approximate surface area is 172 Å². The average Bonchev–Trinajstić information content (AvgIpc) is 2.66. The minimum absolute atomic E-state index is 0.114. The molecule has 11 heteroatoms. The van der Waals surface area contributed by atoms with Crippen LogP contribution in [0.25, 0.3) is 0 Å². The highest BCUT2D eigenvalue weighted by Crippen LogP contribution is 2.30. The number of anilines is 2. The van der Waals surface area contributed by atoms with Crippen molar-refractivity contribution in [3.63, 3.8) is 0 Å². The summed E-state index contributed by atoms with van der Waals surface area (Å²) in [6.45, 7) is 5.32. The summed E-state index contributed by atoms with van der Waals surface area (Å²) in [7, 11) is -3.72. The van der Waals surface area contributed by atoms with Crippen molar-refractivity contribution in [1.29, 1.82) is 0 Å². The maximum Gasteiger partial charge on any atom is 0.434 e. The zero-order chi connectivity index (χ0) is 22.3. The van der Waals surface area contributed by atoms with Crippen LogP contribution in [-0.2, 0) is 16.0 Å². The van der Waals surface area contributed by atoms with E-state index in [1.165, 1.54) is 12.1 Å². The molecule has 0 amide bonds. The summed E-state index contributed by atoms with van der Waals surface area (Å²) in [4.78, 5) is 10.9. The maximum atomic E-state index is 13.9. The first-order chi connectivity index (χ1) is 13.9. The molecule has 0 bridgehead atoms. The van der Waals surface area contributed by atoms with Gasteiger partial charge in [0, 0.05) is 31.6 Å². The van der Waals surface area contributed by atoms with Gasteiger partial charge in [0.2, 0.25) is 0 Å². The summed E-state index contributed by atoms with van der Waals surface area (Å²) in [5, 5.41) is 0. The Hall–Kier alpha value is -2.43. The smallest absolute Gasteiger partial charge is 0.368 e. The van der Waals surface area contributed by atoms with Gasteiger partial charge in [0.15, 0.2) is 15.5 Å². The molecule has 0 saturated carbocycles. The van der Waals surface area contributed by atoms with Gasteiger partial charge in [0.05, 0.1) is 18.4 Å². The minimum atomic E-state index is -4.55. The predicted octanol–water partition coefficient (Wildman–Crippen LogP) is 3.39. The third kappa shape index (κ3) is 4.66. The Kier molecular flexibility index (Phi) is 5.94. The fraction of sp³-hybridized carbons (Fsp3) is 0.474. The van der Waals surface area contributed by atoms with Gasteiger partial charge in [-0.05, 0) is 24.1 Å². The molecular formula is C19H22F4N4O2S. The molecule has 30 heavy (non-hydrogen) atoms. The average molecular weight is 446 g/mol. The Morgan fingerprint density at radius 2 is 1.83 bits per heavy atom. The molecule has 164 valence electrons. The predicted molar refractivity (Wildman–Crippen MR) is 105 cm³/mol. The Morgan fingerprint density at radius 1 is 1.13 bits per heavy atom. The van der Waals surface area contributed by atoms with Crippen molar-refractivity contribution in [2.24, 2.45) is 5.92 Å². The molecule has 6 nitrogen and oxygen atoms in total. The van der Waals surface area contributed by atoms with Crippen LogP contribution in [0.5, 0.6) is 0 Å². The lowest BCUT2D eigenvalue weighted by molar-refractivity contribution is -0.141. The summed E-state index contributed by atoms with van der Waals surface area (Å²) >= 11 is 0. The quantitative estimate of drug-likeness (QED) is 0.671. The molecule has 0 aliphatic carbocycles. The summed E-state index contributed by atoms with van der Waals surface area (Å²) in [5.74, 6) is -0.343. The van der Waals surface area contributed by atoms with Crippen LogP contribution in [0, 0.1) is 11.7 Å². The molecule has 0 spiro atoms. The van der Waals surface area contributed by atoms with Crippen LogP contribution < -0.4 is 9.80 Å². The molecule has 2 heterocycles. The lowest BCUT2D eigenvalue weighted by Crippen LogP contribution is -2.56. The van der Waals surface area contributed by atoms with Gasteiger partial charge in [-0.25, -0.2) is 22.8 Å². The molecule has 1 aliphatic rings. The first-order valence-corrected chi connectivity index (χ1v) is 11.2. The van der Waals surface area contributed by atoms with E-state index in [0.717, 1.165) is 24.7 Å². The number of alkyl halides is 3. The van der Waals surface area contributed by atoms with Crippen molar-refractivity contribution in [3.8, 4) is 0 Å². The summed E-state index contributed by atoms with van der Waals surface area (Å²) in [6.07, 6.45) is -1.76. The first-order valence-electron chi connectivity index (χ1n) is 9.28. The minimum Gasteiger partial charge on any atom is -0.368 e. The second kappa shape index (κ2) is 8.01. The highest BCUT2D eigenvalue weighted by Gasteiger charge is 2.35. The summed E-state index contributed by atoms with van der Waals surface area (Å²) in [6, 6.07) is 3.85. The van der Waals surface area contributed by atoms with E-state index in [1.807, 2.05) is 23.6 Å². The summed E-state index contributed by atoms with van der Waals surface area (Å²) < 4.78 is 75.9. The van der Waals surface area contributed by atoms with Crippen LogP contribution >= 0.6 is 0 Å². The molecule has 2 aromatic rings. The summed E-state index contributed by atoms with van der Waals surface area (Å²) in [5.41, 5.74) is -0.480. The van der Waals surface area contributed by atoms with Gasteiger partial charge in [0.1, 0.15) is 16.5 Å². The number of halogens is 4. The maximum absolute atomic E-state index is 13.9. The van der Waals surface area contributed by atoms with Crippen LogP contribution in [0.15, 0.2) is 35.5 Å². The van der Waals surface area contributed by atoms with Crippen LogP contribution in [0.4, 0.5) is 29.1 Å². The fourth-order valence-corrected chi connectivity index (χ4v) is 4.25.